The summed E-state index contributed by atoms with van der Waals surface area (Å²) < 4.78 is 1.73. The maximum absolute atomic E-state index is 14.8. The van der Waals surface area contributed by atoms with E-state index in [2.05, 4.69) is 37.7 Å². The van der Waals surface area contributed by atoms with Crippen molar-refractivity contribution in [3.63, 3.8) is 0 Å². The van der Waals surface area contributed by atoms with Gasteiger partial charge >= 0.3 is 5.97 Å². The predicted molar refractivity (Wildman–Crippen MR) is 175 cm³/mol. The fraction of sp³-hybridized carbons (Fsp3) is 0.382. The van der Waals surface area contributed by atoms with E-state index in [9.17, 15) is 19.5 Å². The van der Waals surface area contributed by atoms with E-state index < -0.39 is 5.97 Å². The number of hydrogen-bond donors (Lipinski definition) is 1. The number of carbonyl (C=O) groups excluding carboxylic acids is 1. The summed E-state index contributed by atoms with van der Waals surface area (Å²) in [6, 6.07) is 10.9. The number of aryl methyl sites for hydroxylation is 2. The number of likely N-dealkylation sites (tertiary alicyclic amines) is 1. The van der Waals surface area contributed by atoms with E-state index in [4.69, 9.17) is 11.6 Å². The molecule has 0 bridgehead atoms. The van der Waals surface area contributed by atoms with Crippen LogP contribution >= 0.6 is 22.9 Å². The van der Waals surface area contributed by atoms with Gasteiger partial charge in [0.25, 0.3) is 11.5 Å². The van der Waals surface area contributed by atoms with Gasteiger partial charge in [0.05, 0.1) is 27.5 Å². The zero-order valence-corrected chi connectivity index (χ0v) is 27.1. The molecule has 0 spiro atoms. The number of thiazole rings is 1. The second-order valence-electron chi connectivity index (χ2n) is 11.5. The summed E-state index contributed by atoms with van der Waals surface area (Å²) in [4.78, 5) is 52.2. The predicted octanol–water partition coefficient (Wildman–Crippen LogP) is 7.32. The Morgan fingerprint density at radius 2 is 1.73 bits per heavy atom. The molecule has 1 fully saturated rings. The molecule has 10 heteroatoms. The Morgan fingerprint density at radius 1 is 1.05 bits per heavy atom. The number of rotatable bonds is 9. The lowest BCUT2D eigenvalue weighted by Crippen LogP contribution is -2.38. The van der Waals surface area contributed by atoms with Crippen molar-refractivity contribution in [2.45, 2.75) is 66.2 Å². The molecule has 230 valence electrons. The number of carbonyl (C=O) groups is 2. The van der Waals surface area contributed by atoms with Crippen LogP contribution in [0.1, 0.15) is 83.8 Å². The van der Waals surface area contributed by atoms with Crippen molar-refractivity contribution in [2.24, 2.45) is 5.92 Å². The standard InChI is InChI=1S/C34H37ClN4O4S/c1-5-21-11-10-12-22(6-2)29(21)39-27(17-20(3)4)24(32(40)38-15-8-7-9-16-38)18-25(33(39)41)31-37-28(30(44-31)34(42)43)26-14-13-23(35)19-36-26/h10-14,18-20H,5-9,15-17H2,1-4H3,(H,42,43). The lowest BCUT2D eigenvalue weighted by Gasteiger charge is -2.29. The number of halogens is 1. The minimum absolute atomic E-state index is 0.0425. The molecular formula is C34H37ClN4O4S. The van der Waals surface area contributed by atoms with Crippen molar-refractivity contribution in [3.8, 4) is 27.6 Å². The largest absolute Gasteiger partial charge is 0.477 e. The Balaban J connectivity index is 1.86. The highest BCUT2D eigenvalue weighted by Crippen LogP contribution is 2.35. The summed E-state index contributed by atoms with van der Waals surface area (Å²) in [6.45, 7) is 9.59. The van der Waals surface area contributed by atoms with Crippen molar-refractivity contribution in [2.75, 3.05) is 13.1 Å². The van der Waals surface area contributed by atoms with Gasteiger partial charge in [-0.15, -0.1) is 11.3 Å². The maximum Gasteiger partial charge on any atom is 0.348 e. The lowest BCUT2D eigenvalue weighted by atomic mass is 9.96. The van der Waals surface area contributed by atoms with Gasteiger partial charge in [0.2, 0.25) is 0 Å². The van der Waals surface area contributed by atoms with Crippen molar-refractivity contribution < 1.29 is 14.7 Å². The zero-order valence-electron chi connectivity index (χ0n) is 25.5. The molecule has 1 aliphatic heterocycles. The fourth-order valence-corrected chi connectivity index (χ4v) is 6.89. The highest BCUT2D eigenvalue weighted by molar-refractivity contribution is 7.17. The van der Waals surface area contributed by atoms with Gasteiger partial charge in [-0.1, -0.05) is 57.5 Å². The molecule has 8 nitrogen and oxygen atoms in total. The van der Waals surface area contributed by atoms with Crippen molar-refractivity contribution in [1.82, 2.24) is 19.4 Å². The number of para-hydroxylation sites is 1. The molecule has 3 aromatic heterocycles. The maximum atomic E-state index is 14.8. The number of benzene rings is 1. The summed E-state index contributed by atoms with van der Waals surface area (Å²) in [5.74, 6) is -1.12. The molecule has 1 aliphatic rings. The topological polar surface area (TPSA) is 105 Å². The van der Waals surface area contributed by atoms with Crippen LogP contribution in [0.5, 0.6) is 0 Å². The fourth-order valence-electron chi connectivity index (χ4n) is 5.86. The van der Waals surface area contributed by atoms with Gasteiger partial charge in [-0.25, -0.2) is 9.78 Å². The average Bonchev–Trinajstić information content (AvgIpc) is 3.47. The number of aromatic nitrogens is 3. The van der Waals surface area contributed by atoms with E-state index in [0.29, 0.717) is 54.3 Å². The van der Waals surface area contributed by atoms with Crippen LogP contribution in [-0.4, -0.2) is 49.5 Å². The third-order valence-electron chi connectivity index (χ3n) is 7.99. The SMILES string of the molecule is CCc1cccc(CC)c1-n1c(CC(C)C)c(C(=O)N2CCCCC2)cc(-c2nc(-c3ccc(Cl)cn3)c(C(=O)O)s2)c1=O. The number of hydrogen-bond acceptors (Lipinski definition) is 6. The summed E-state index contributed by atoms with van der Waals surface area (Å²) >= 11 is 6.95. The monoisotopic (exact) mass is 632 g/mol. The van der Waals surface area contributed by atoms with Crippen LogP contribution in [-0.2, 0) is 19.3 Å². The molecule has 1 aromatic carbocycles. The van der Waals surface area contributed by atoms with Gasteiger partial charge in [0, 0.05) is 25.0 Å². The Morgan fingerprint density at radius 3 is 2.30 bits per heavy atom. The number of pyridine rings is 2. The highest BCUT2D eigenvalue weighted by atomic mass is 35.5. The van der Waals surface area contributed by atoms with E-state index in [-0.39, 0.29) is 38.5 Å². The van der Waals surface area contributed by atoms with Gasteiger partial charge in [0.1, 0.15) is 15.6 Å². The Kier molecular flexibility index (Phi) is 9.65. The van der Waals surface area contributed by atoms with Gasteiger partial charge in [0.15, 0.2) is 0 Å². The second kappa shape index (κ2) is 13.4. The molecular weight excluding hydrogens is 596 g/mol. The van der Waals surface area contributed by atoms with Crippen molar-refractivity contribution in [1.29, 1.82) is 0 Å². The van der Waals surface area contributed by atoms with Gasteiger partial charge in [-0.05, 0) is 73.8 Å². The van der Waals surface area contributed by atoms with Gasteiger partial charge < -0.3 is 10.0 Å². The van der Waals surface area contributed by atoms with Crippen LogP contribution < -0.4 is 5.56 Å². The van der Waals surface area contributed by atoms with E-state index in [1.165, 1.54) is 6.20 Å². The number of carboxylic acid groups (broad SMARTS) is 1. The molecule has 0 atom stereocenters. The molecule has 1 N–H and O–H groups in total. The van der Waals surface area contributed by atoms with Crippen molar-refractivity contribution >= 4 is 34.8 Å². The molecule has 0 saturated carbocycles. The third kappa shape index (κ3) is 6.21. The molecule has 0 aliphatic carbocycles. The third-order valence-corrected chi connectivity index (χ3v) is 9.29. The molecule has 1 amide bonds. The number of carboxylic acids is 1. The Hall–Kier alpha value is -3.82. The molecule has 1 saturated heterocycles. The normalized spacial score (nSPS) is 13.5. The van der Waals surface area contributed by atoms with Crippen LogP contribution in [0.2, 0.25) is 5.02 Å². The molecule has 4 aromatic rings. The van der Waals surface area contributed by atoms with Gasteiger partial charge in [-0.3, -0.25) is 19.1 Å². The minimum Gasteiger partial charge on any atom is -0.477 e. The van der Waals surface area contributed by atoms with E-state index in [1.807, 2.05) is 23.1 Å². The summed E-state index contributed by atoms with van der Waals surface area (Å²) in [7, 11) is 0. The quantitative estimate of drug-likeness (QED) is 0.207. The van der Waals surface area contributed by atoms with E-state index in [0.717, 1.165) is 47.4 Å². The molecule has 5 rings (SSSR count). The minimum atomic E-state index is -1.17. The summed E-state index contributed by atoms with van der Waals surface area (Å²) in [5, 5.41) is 10.7. The number of nitrogens with zero attached hydrogens (tertiary/aromatic N) is 4. The highest BCUT2D eigenvalue weighted by Gasteiger charge is 2.30. The van der Waals surface area contributed by atoms with E-state index >= 15 is 0 Å². The molecule has 4 heterocycles. The Bertz CT molecular complexity index is 1730. The number of amides is 1. The molecule has 0 unspecified atom stereocenters. The lowest BCUT2D eigenvalue weighted by molar-refractivity contribution is 0.0699. The zero-order chi connectivity index (χ0) is 31.5. The smallest absolute Gasteiger partial charge is 0.348 e. The van der Waals surface area contributed by atoms with Crippen LogP contribution in [0.15, 0.2) is 47.4 Å². The van der Waals surface area contributed by atoms with Crippen LogP contribution in [0.3, 0.4) is 0 Å². The van der Waals surface area contributed by atoms with Crippen molar-refractivity contribution in [3.05, 3.63) is 85.2 Å². The number of aromatic carboxylic acids is 1. The van der Waals surface area contributed by atoms with Gasteiger partial charge in [-0.2, -0.15) is 0 Å². The second-order valence-corrected chi connectivity index (χ2v) is 12.9. The first kappa shape index (κ1) is 31.6. The summed E-state index contributed by atoms with van der Waals surface area (Å²) in [5.41, 5.74) is 4.28. The molecule has 44 heavy (non-hydrogen) atoms. The average molecular weight is 633 g/mol. The first-order chi connectivity index (χ1) is 21.1. The first-order valence-electron chi connectivity index (χ1n) is 15.2. The number of piperidine rings is 1. The van der Waals surface area contributed by atoms with Crippen LogP contribution in [0, 0.1) is 5.92 Å². The van der Waals surface area contributed by atoms with E-state index in [1.54, 1.807) is 22.8 Å². The Labute approximate surface area is 266 Å². The summed E-state index contributed by atoms with van der Waals surface area (Å²) in [6.07, 6.45) is 6.29. The van der Waals surface area contributed by atoms with Crippen LogP contribution in [0.25, 0.3) is 27.6 Å². The van der Waals surface area contributed by atoms with Crippen LogP contribution in [0.4, 0.5) is 0 Å². The molecule has 0 radical (unpaired) electrons. The first-order valence-corrected chi connectivity index (χ1v) is 16.4.